The van der Waals surface area contributed by atoms with Gasteiger partial charge in [0.2, 0.25) is 5.91 Å². The minimum Gasteiger partial charge on any atom is -0.319 e. The molecule has 1 aromatic carbocycles. The van der Waals surface area contributed by atoms with Gasteiger partial charge in [0.1, 0.15) is 5.82 Å². The van der Waals surface area contributed by atoms with E-state index in [0.717, 1.165) is 0 Å². The van der Waals surface area contributed by atoms with Crippen molar-refractivity contribution in [3.63, 3.8) is 0 Å². The Bertz CT molecular complexity index is 355. The summed E-state index contributed by atoms with van der Waals surface area (Å²) < 4.78 is 13.0. The number of halogens is 1. The molecule has 1 rings (SSSR count). The minimum absolute atomic E-state index is 0.00227. The third-order valence-electron chi connectivity index (χ3n) is 2.33. The summed E-state index contributed by atoms with van der Waals surface area (Å²) in [4.78, 5) is 13.4. The Kier molecular flexibility index (Phi) is 4.92. The Balaban J connectivity index is 2.77. The monoisotopic (exact) mass is 224 g/mol. The highest BCUT2D eigenvalue weighted by molar-refractivity contribution is 5.93. The summed E-state index contributed by atoms with van der Waals surface area (Å²) in [7, 11) is 1.80. The molecule has 0 aliphatic carbocycles. The Morgan fingerprint density at radius 3 is 2.81 bits per heavy atom. The van der Waals surface area contributed by atoms with Gasteiger partial charge in [0.25, 0.3) is 0 Å². The number of hydrogen-bond acceptors (Lipinski definition) is 2. The molecule has 0 aromatic heterocycles. The summed E-state index contributed by atoms with van der Waals surface area (Å²) in [5, 5.41) is 2.92. The average molecular weight is 224 g/mol. The van der Waals surface area contributed by atoms with Gasteiger partial charge in [0, 0.05) is 25.2 Å². The molecule has 4 heteroatoms. The molecular formula is C12H17FN2O. The molecule has 0 fully saturated rings. The molecular weight excluding hydrogens is 207 g/mol. The van der Waals surface area contributed by atoms with Gasteiger partial charge in [-0.15, -0.1) is 0 Å². The van der Waals surface area contributed by atoms with Crippen LogP contribution in [0.2, 0.25) is 0 Å². The summed E-state index contributed by atoms with van der Waals surface area (Å²) >= 11 is 0. The first kappa shape index (κ1) is 12.6. The topological polar surface area (TPSA) is 32.3 Å². The predicted molar refractivity (Wildman–Crippen MR) is 63.0 cm³/mol. The summed E-state index contributed by atoms with van der Waals surface area (Å²) in [6, 6.07) is 6.10. The lowest BCUT2D eigenvalue weighted by Gasteiger charge is -2.21. The molecule has 0 aliphatic rings. The number of nitrogens with zero attached hydrogens (tertiary/aromatic N) is 1. The van der Waals surface area contributed by atoms with Gasteiger partial charge in [-0.3, -0.25) is 4.79 Å². The summed E-state index contributed by atoms with van der Waals surface area (Å²) in [5.74, 6) is -0.320. The van der Waals surface area contributed by atoms with Crippen molar-refractivity contribution in [1.29, 1.82) is 0 Å². The molecule has 0 atom stereocenters. The Hall–Kier alpha value is -1.42. The van der Waals surface area contributed by atoms with Crippen molar-refractivity contribution in [2.75, 3.05) is 25.0 Å². The molecule has 0 aliphatic heterocycles. The maximum atomic E-state index is 13.0. The van der Waals surface area contributed by atoms with Gasteiger partial charge in [0.05, 0.1) is 0 Å². The van der Waals surface area contributed by atoms with Crippen LogP contribution in [0.4, 0.5) is 10.1 Å². The van der Waals surface area contributed by atoms with Gasteiger partial charge >= 0.3 is 0 Å². The summed E-state index contributed by atoms with van der Waals surface area (Å²) in [6.45, 7) is 3.05. The molecule has 88 valence electrons. The number of rotatable bonds is 5. The number of amides is 1. The SMILES string of the molecule is CCN(C(=O)CCNC)c1cccc(F)c1. The second kappa shape index (κ2) is 6.23. The van der Waals surface area contributed by atoms with Crippen molar-refractivity contribution in [1.82, 2.24) is 5.32 Å². The number of hydrogen-bond donors (Lipinski definition) is 1. The Morgan fingerprint density at radius 2 is 2.25 bits per heavy atom. The third-order valence-corrected chi connectivity index (χ3v) is 2.33. The lowest BCUT2D eigenvalue weighted by atomic mass is 10.2. The molecule has 0 radical (unpaired) electrons. The third kappa shape index (κ3) is 3.31. The van der Waals surface area contributed by atoms with Gasteiger partial charge < -0.3 is 10.2 Å². The molecule has 0 spiro atoms. The van der Waals surface area contributed by atoms with E-state index in [4.69, 9.17) is 0 Å². The number of carbonyl (C=O) groups is 1. The smallest absolute Gasteiger partial charge is 0.228 e. The largest absolute Gasteiger partial charge is 0.319 e. The summed E-state index contributed by atoms with van der Waals surface area (Å²) in [6.07, 6.45) is 0.418. The second-order valence-electron chi connectivity index (χ2n) is 3.47. The summed E-state index contributed by atoms with van der Waals surface area (Å²) in [5.41, 5.74) is 0.614. The number of benzene rings is 1. The lowest BCUT2D eigenvalue weighted by molar-refractivity contribution is -0.118. The molecule has 0 bridgehead atoms. The van der Waals surface area contributed by atoms with E-state index in [1.807, 2.05) is 6.92 Å². The first-order valence-corrected chi connectivity index (χ1v) is 5.39. The van der Waals surface area contributed by atoms with Crippen LogP contribution in [0, 0.1) is 5.82 Å². The van der Waals surface area contributed by atoms with Crippen LogP contribution in [0.1, 0.15) is 13.3 Å². The fourth-order valence-electron chi connectivity index (χ4n) is 1.51. The van der Waals surface area contributed by atoms with Crippen molar-refractivity contribution >= 4 is 11.6 Å². The molecule has 0 saturated heterocycles. The van der Waals surface area contributed by atoms with Gasteiger partial charge in [-0.2, -0.15) is 0 Å². The van der Waals surface area contributed by atoms with Crippen LogP contribution in [0.25, 0.3) is 0 Å². The van der Waals surface area contributed by atoms with E-state index in [1.54, 1.807) is 24.1 Å². The first-order chi connectivity index (χ1) is 7.69. The average Bonchev–Trinajstić information content (AvgIpc) is 2.27. The molecule has 0 unspecified atom stereocenters. The first-order valence-electron chi connectivity index (χ1n) is 5.39. The molecule has 3 nitrogen and oxygen atoms in total. The van der Waals surface area contributed by atoms with E-state index < -0.39 is 0 Å². The van der Waals surface area contributed by atoms with Crippen molar-refractivity contribution in [2.45, 2.75) is 13.3 Å². The van der Waals surface area contributed by atoms with Crippen LogP contribution in [-0.2, 0) is 4.79 Å². The fraction of sp³-hybridized carbons (Fsp3) is 0.417. The van der Waals surface area contributed by atoms with Crippen LogP contribution < -0.4 is 10.2 Å². The fourth-order valence-corrected chi connectivity index (χ4v) is 1.51. The zero-order chi connectivity index (χ0) is 12.0. The van der Waals surface area contributed by atoms with E-state index in [-0.39, 0.29) is 11.7 Å². The van der Waals surface area contributed by atoms with E-state index in [1.165, 1.54) is 12.1 Å². The van der Waals surface area contributed by atoms with Crippen molar-refractivity contribution < 1.29 is 9.18 Å². The van der Waals surface area contributed by atoms with Gasteiger partial charge in [-0.05, 0) is 32.2 Å². The number of anilines is 1. The quantitative estimate of drug-likeness (QED) is 0.827. The van der Waals surface area contributed by atoms with Crippen LogP contribution in [0.5, 0.6) is 0 Å². The van der Waals surface area contributed by atoms with Gasteiger partial charge in [-0.1, -0.05) is 6.07 Å². The normalized spacial score (nSPS) is 10.2. The van der Waals surface area contributed by atoms with Crippen molar-refractivity contribution in [2.24, 2.45) is 0 Å². The van der Waals surface area contributed by atoms with Crippen LogP contribution in [-0.4, -0.2) is 26.0 Å². The molecule has 0 saturated carbocycles. The highest BCUT2D eigenvalue weighted by Crippen LogP contribution is 2.16. The molecule has 0 heterocycles. The predicted octanol–water partition coefficient (Wildman–Crippen LogP) is 1.79. The van der Waals surface area contributed by atoms with Crippen LogP contribution in [0.3, 0.4) is 0 Å². The van der Waals surface area contributed by atoms with E-state index in [9.17, 15) is 9.18 Å². The molecule has 1 amide bonds. The van der Waals surface area contributed by atoms with Crippen LogP contribution in [0.15, 0.2) is 24.3 Å². The van der Waals surface area contributed by atoms with Crippen molar-refractivity contribution in [3.8, 4) is 0 Å². The lowest BCUT2D eigenvalue weighted by Crippen LogP contribution is -2.32. The van der Waals surface area contributed by atoms with Gasteiger partial charge in [-0.25, -0.2) is 4.39 Å². The van der Waals surface area contributed by atoms with E-state index in [2.05, 4.69) is 5.32 Å². The highest BCUT2D eigenvalue weighted by Gasteiger charge is 2.13. The zero-order valence-electron chi connectivity index (χ0n) is 9.66. The Morgan fingerprint density at radius 1 is 1.50 bits per heavy atom. The van der Waals surface area contributed by atoms with Crippen LogP contribution >= 0.6 is 0 Å². The van der Waals surface area contributed by atoms with E-state index in [0.29, 0.717) is 25.2 Å². The second-order valence-corrected chi connectivity index (χ2v) is 3.47. The minimum atomic E-state index is -0.322. The maximum Gasteiger partial charge on any atom is 0.228 e. The Labute approximate surface area is 95.3 Å². The van der Waals surface area contributed by atoms with Gasteiger partial charge in [0.15, 0.2) is 0 Å². The zero-order valence-corrected chi connectivity index (χ0v) is 9.66. The number of nitrogens with one attached hydrogen (secondary N) is 1. The molecule has 1 N–H and O–H groups in total. The van der Waals surface area contributed by atoms with Crippen molar-refractivity contribution in [3.05, 3.63) is 30.1 Å². The highest BCUT2D eigenvalue weighted by atomic mass is 19.1. The molecule has 1 aromatic rings. The maximum absolute atomic E-state index is 13.0. The van der Waals surface area contributed by atoms with E-state index >= 15 is 0 Å². The molecule has 16 heavy (non-hydrogen) atoms. The number of carbonyl (C=O) groups excluding carboxylic acids is 1. The standard InChI is InChI=1S/C12H17FN2O/c1-3-15(12(16)7-8-14-2)11-6-4-5-10(13)9-11/h4-6,9,14H,3,7-8H2,1-2H3.